The van der Waals surface area contributed by atoms with Crippen molar-refractivity contribution in [1.29, 1.82) is 0 Å². The highest BCUT2D eigenvalue weighted by Gasteiger charge is 2.28. The van der Waals surface area contributed by atoms with E-state index in [0.29, 0.717) is 15.7 Å². The molecular weight excluding hydrogens is 270 g/mol. The van der Waals surface area contributed by atoms with Gasteiger partial charge in [-0.2, -0.15) is 0 Å². The van der Waals surface area contributed by atoms with Crippen molar-refractivity contribution in [3.63, 3.8) is 0 Å². The average molecular weight is 276 g/mol. The van der Waals surface area contributed by atoms with Gasteiger partial charge in [-0.3, -0.25) is 9.59 Å². The Hall–Kier alpha value is -1.68. The van der Waals surface area contributed by atoms with Crippen LogP contribution < -0.4 is 0 Å². The molecule has 2 aromatic rings. The van der Waals surface area contributed by atoms with E-state index in [1.54, 1.807) is 0 Å². The Kier molecular flexibility index (Phi) is 1.88. The number of aromatic amines is 1. The van der Waals surface area contributed by atoms with E-state index >= 15 is 0 Å². The summed E-state index contributed by atoms with van der Waals surface area (Å²) in [5.74, 6) is -0.315. The van der Waals surface area contributed by atoms with Gasteiger partial charge in [0, 0.05) is 17.0 Å². The molecule has 0 spiro atoms. The molecule has 0 saturated heterocycles. The van der Waals surface area contributed by atoms with Crippen molar-refractivity contribution in [1.82, 2.24) is 4.98 Å². The third-order valence-corrected chi connectivity index (χ3v) is 3.24. The van der Waals surface area contributed by atoms with Crippen LogP contribution in [0.5, 0.6) is 0 Å². The van der Waals surface area contributed by atoms with Crippen molar-refractivity contribution in [2.24, 2.45) is 0 Å². The summed E-state index contributed by atoms with van der Waals surface area (Å²) >= 11 is 3.09. The summed E-state index contributed by atoms with van der Waals surface area (Å²) in [5.41, 5.74) is 1.66. The lowest BCUT2D eigenvalue weighted by molar-refractivity contribution is 0.0990. The van der Waals surface area contributed by atoms with Gasteiger partial charge in [-0.25, -0.2) is 0 Å². The predicted octanol–water partition coefficient (Wildman–Crippen LogP) is 2.83. The quantitative estimate of drug-likeness (QED) is 0.804. The first-order chi connectivity index (χ1) is 7.68. The first-order valence-corrected chi connectivity index (χ1v) is 5.54. The van der Waals surface area contributed by atoms with Crippen LogP contribution in [0, 0.1) is 0 Å². The Labute approximate surface area is 99.3 Å². The molecule has 0 atom stereocenters. The molecule has 0 radical (unpaired) electrons. The lowest BCUT2D eigenvalue weighted by Gasteiger charge is -2.06. The van der Waals surface area contributed by atoms with Gasteiger partial charge in [-0.15, -0.1) is 0 Å². The van der Waals surface area contributed by atoms with Gasteiger partial charge >= 0.3 is 0 Å². The molecule has 0 saturated carbocycles. The molecule has 78 valence electrons. The molecule has 1 aliphatic carbocycles. The second-order valence-electron chi connectivity index (χ2n) is 3.61. The van der Waals surface area contributed by atoms with E-state index in [1.807, 2.05) is 24.3 Å². The van der Waals surface area contributed by atoms with Crippen molar-refractivity contribution in [2.75, 3.05) is 0 Å². The largest absolute Gasteiger partial charge is 0.351 e. The van der Waals surface area contributed by atoms with Gasteiger partial charge in [-0.1, -0.05) is 18.2 Å². The highest BCUT2D eigenvalue weighted by molar-refractivity contribution is 9.12. The van der Waals surface area contributed by atoms with Gasteiger partial charge in [0.1, 0.15) is 0 Å². The molecule has 3 rings (SSSR count). The monoisotopic (exact) mass is 275 g/mol. The molecule has 0 unspecified atom stereocenters. The third-order valence-electron chi connectivity index (χ3n) is 2.65. The minimum atomic E-state index is -0.175. The summed E-state index contributed by atoms with van der Waals surface area (Å²) in [4.78, 5) is 26.7. The van der Waals surface area contributed by atoms with Crippen LogP contribution in [0.25, 0.3) is 10.9 Å². The van der Waals surface area contributed by atoms with Gasteiger partial charge in [0.05, 0.1) is 15.7 Å². The number of H-pyrrole nitrogens is 1. The van der Waals surface area contributed by atoms with Gasteiger partial charge in [0.15, 0.2) is 5.78 Å². The molecule has 1 aromatic heterocycles. The number of carbonyl (C=O) groups excluding carboxylic acids is 2. The molecule has 1 heterocycles. The molecule has 0 bridgehead atoms. The van der Waals surface area contributed by atoms with Crippen molar-refractivity contribution in [3.05, 3.63) is 46.1 Å². The van der Waals surface area contributed by atoms with Crippen molar-refractivity contribution in [3.8, 4) is 0 Å². The van der Waals surface area contributed by atoms with Crippen molar-refractivity contribution in [2.45, 2.75) is 0 Å². The van der Waals surface area contributed by atoms with Crippen LogP contribution in [-0.4, -0.2) is 16.6 Å². The van der Waals surface area contributed by atoms with Crippen LogP contribution in [0.1, 0.15) is 20.8 Å². The summed E-state index contributed by atoms with van der Waals surface area (Å²) in [5, 5.41) is 0.798. The Morgan fingerprint density at radius 1 is 1.12 bits per heavy atom. The van der Waals surface area contributed by atoms with Crippen LogP contribution in [0.2, 0.25) is 0 Å². The molecule has 16 heavy (non-hydrogen) atoms. The van der Waals surface area contributed by atoms with Crippen LogP contribution in [0.15, 0.2) is 34.8 Å². The molecule has 1 N–H and O–H groups in total. The number of ketones is 2. The van der Waals surface area contributed by atoms with Gasteiger partial charge < -0.3 is 4.98 Å². The van der Waals surface area contributed by atoms with Gasteiger partial charge in [-0.05, 0) is 22.0 Å². The van der Waals surface area contributed by atoms with Crippen molar-refractivity contribution >= 4 is 38.4 Å². The Balaban J connectivity index is 2.43. The smallest absolute Gasteiger partial charge is 0.217 e. The zero-order valence-electron chi connectivity index (χ0n) is 8.08. The average Bonchev–Trinajstić information content (AvgIpc) is 2.65. The minimum absolute atomic E-state index is 0.140. The first-order valence-electron chi connectivity index (χ1n) is 4.75. The number of allylic oxidation sites excluding steroid dienone is 2. The van der Waals surface area contributed by atoms with Crippen LogP contribution >= 0.6 is 15.9 Å². The first kappa shape index (κ1) is 9.54. The number of hydrogen-bond acceptors (Lipinski definition) is 2. The fourth-order valence-electron chi connectivity index (χ4n) is 1.94. The summed E-state index contributed by atoms with van der Waals surface area (Å²) in [6.45, 7) is 0. The summed E-state index contributed by atoms with van der Waals surface area (Å²) in [6, 6.07) is 7.40. The second-order valence-corrected chi connectivity index (χ2v) is 4.46. The zero-order valence-corrected chi connectivity index (χ0v) is 9.67. The van der Waals surface area contributed by atoms with Gasteiger partial charge in [0.2, 0.25) is 5.78 Å². The maximum Gasteiger partial charge on any atom is 0.217 e. The van der Waals surface area contributed by atoms with Crippen LogP contribution in [0.4, 0.5) is 0 Å². The predicted molar refractivity (Wildman–Crippen MR) is 64.0 cm³/mol. The van der Waals surface area contributed by atoms with E-state index in [2.05, 4.69) is 20.9 Å². The van der Waals surface area contributed by atoms with Crippen molar-refractivity contribution < 1.29 is 9.59 Å². The Morgan fingerprint density at radius 3 is 2.69 bits per heavy atom. The molecule has 1 aliphatic rings. The number of rotatable bonds is 0. The molecular formula is C12H6BrNO2. The zero-order chi connectivity index (χ0) is 11.3. The third kappa shape index (κ3) is 1.13. The molecule has 0 fully saturated rings. The highest BCUT2D eigenvalue weighted by Crippen LogP contribution is 2.30. The molecule has 0 amide bonds. The van der Waals surface area contributed by atoms with E-state index < -0.39 is 0 Å². The number of Topliss-reactive ketones (excluding diaryl/α,β-unsaturated/α-hetero) is 1. The number of aromatic nitrogens is 1. The van der Waals surface area contributed by atoms with E-state index in [-0.39, 0.29) is 11.6 Å². The fraction of sp³-hybridized carbons (Fsp3) is 0. The SMILES string of the molecule is O=C1C(Br)=CC(=O)c2c1[nH]c1ccccc21. The summed E-state index contributed by atoms with van der Waals surface area (Å²) in [7, 11) is 0. The fourth-order valence-corrected chi connectivity index (χ4v) is 2.35. The molecule has 0 aliphatic heterocycles. The summed E-state index contributed by atoms with van der Waals surface area (Å²) in [6.07, 6.45) is 1.32. The lowest BCUT2D eigenvalue weighted by Crippen LogP contribution is -2.13. The van der Waals surface area contributed by atoms with Crippen LogP contribution in [0.3, 0.4) is 0 Å². The van der Waals surface area contributed by atoms with E-state index in [0.717, 1.165) is 10.9 Å². The number of para-hydroxylation sites is 1. The molecule has 4 heteroatoms. The number of fused-ring (bicyclic) bond motifs is 3. The summed E-state index contributed by atoms with van der Waals surface area (Å²) < 4.78 is 0.302. The number of nitrogens with one attached hydrogen (secondary N) is 1. The highest BCUT2D eigenvalue weighted by atomic mass is 79.9. The lowest BCUT2D eigenvalue weighted by atomic mass is 9.99. The molecule has 3 nitrogen and oxygen atoms in total. The van der Waals surface area contributed by atoms with E-state index in [9.17, 15) is 9.59 Å². The standard InChI is InChI=1S/C12H6BrNO2/c13-7-5-9(15)10-6-3-1-2-4-8(6)14-11(10)12(7)16/h1-5,14H. The molecule has 1 aromatic carbocycles. The minimum Gasteiger partial charge on any atom is -0.351 e. The van der Waals surface area contributed by atoms with E-state index in [4.69, 9.17) is 0 Å². The van der Waals surface area contributed by atoms with E-state index in [1.165, 1.54) is 6.08 Å². The number of hydrogen-bond donors (Lipinski definition) is 1. The van der Waals surface area contributed by atoms with Gasteiger partial charge in [0.25, 0.3) is 0 Å². The van der Waals surface area contributed by atoms with Crippen LogP contribution in [-0.2, 0) is 0 Å². The number of carbonyl (C=O) groups is 2. The number of benzene rings is 1. The Morgan fingerprint density at radius 2 is 1.88 bits per heavy atom. The maximum absolute atomic E-state index is 11.8. The normalized spacial score (nSPS) is 15.2. The second kappa shape index (κ2) is 3.15. The maximum atomic E-state index is 11.8. The Bertz CT molecular complexity index is 667. The topological polar surface area (TPSA) is 49.9 Å². The number of halogens is 1.